The minimum Gasteiger partial charge on any atom is -0.465 e. The summed E-state index contributed by atoms with van der Waals surface area (Å²) in [6.07, 6.45) is 1.45. The molecule has 0 aliphatic heterocycles. The number of aromatic nitrogens is 2. The molecule has 0 aliphatic rings. The van der Waals surface area contributed by atoms with Gasteiger partial charge in [-0.05, 0) is 6.07 Å². The fourth-order valence-corrected chi connectivity index (χ4v) is 1.56. The number of halogens is 1. The average Bonchev–Trinajstić information content (AvgIpc) is 2.64. The number of methoxy groups -OCH3 is 1. The zero-order chi connectivity index (χ0) is 11.9. The summed E-state index contributed by atoms with van der Waals surface area (Å²) in [5, 5.41) is 0. The van der Waals surface area contributed by atoms with Gasteiger partial charge in [-0.2, -0.15) is 0 Å². The zero-order valence-electron chi connectivity index (χ0n) is 8.82. The van der Waals surface area contributed by atoms with E-state index >= 15 is 0 Å². The maximum atomic E-state index is 13.9. The van der Waals surface area contributed by atoms with E-state index in [2.05, 4.69) is 9.72 Å². The number of ether oxygens (including phenoxy) is 1. The van der Waals surface area contributed by atoms with Crippen molar-refractivity contribution in [1.82, 2.24) is 9.55 Å². The molecule has 1 aromatic carbocycles. The SMILES string of the molecule is COC(=O)c1cc2ncn(C)c2c(F)c1N. The molecule has 0 unspecified atom stereocenters. The van der Waals surface area contributed by atoms with E-state index in [1.807, 2.05) is 0 Å². The molecule has 0 bridgehead atoms. The number of carbonyl (C=O) groups excluding carboxylic acids is 1. The molecule has 0 saturated carbocycles. The zero-order valence-corrected chi connectivity index (χ0v) is 8.82. The van der Waals surface area contributed by atoms with Crippen molar-refractivity contribution >= 4 is 22.7 Å². The van der Waals surface area contributed by atoms with Crippen molar-refractivity contribution in [2.45, 2.75) is 0 Å². The number of aryl methyl sites for hydroxylation is 1. The van der Waals surface area contributed by atoms with Crippen LogP contribution >= 0.6 is 0 Å². The van der Waals surface area contributed by atoms with Gasteiger partial charge in [-0.3, -0.25) is 0 Å². The standard InChI is InChI=1S/C10H10FN3O2/c1-14-4-13-6-3-5(10(15)16-2)8(12)7(11)9(6)14/h3-4H,12H2,1-2H3. The number of esters is 1. The third-order valence-corrected chi connectivity index (χ3v) is 2.39. The van der Waals surface area contributed by atoms with Gasteiger partial charge in [-0.15, -0.1) is 0 Å². The van der Waals surface area contributed by atoms with Gasteiger partial charge in [0.1, 0.15) is 5.52 Å². The molecule has 84 valence electrons. The number of anilines is 1. The maximum absolute atomic E-state index is 13.9. The molecule has 2 rings (SSSR count). The molecule has 0 saturated heterocycles. The van der Waals surface area contributed by atoms with Crippen LogP contribution < -0.4 is 5.73 Å². The smallest absolute Gasteiger partial charge is 0.340 e. The molecule has 1 heterocycles. The van der Waals surface area contributed by atoms with Crippen molar-refractivity contribution in [3.63, 3.8) is 0 Å². The lowest BCUT2D eigenvalue weighted by Gasteiger charge is -2.06. The molecule has 2 aromatic rings. The van der Waals surface area contributed by atoms with Crippen LogP contribution in [0.3, 0.4) is 0 Å². The molecule has 0 aliphatic carbocycles. The van der Waals surface area contributed by atoms with Gasteiger partial charge in [-0.1, -0.05) is 0 Å². The Hall–Kier alpha value is -2.11. The minimum absolute atomic E-state index is 0.00815. The highest BCUT2D eigenvalue weighted by atomic mass is 19.1. The number of rotatable bonds is 1. The van der Waals surface area contributed by atoms with E-state index in [4.69, 9.17) is 5.73 Å². The minimum atomic E-state index is -0.677. The van der Waals surface area contributed by atoms with E-state index in [1.165, 1.54) is 24.1 Å². The molecule has 0 atom stereocenters. The third-order valence-electron chi connectivity index (χ3n) is 2.39. The van der Waals surface area contributed by atoms with Crippen molar-refractivity contribution in [3.05, 3.63) is 23.8 Å². The van der Waals surface area contributed by atoms with Crippen molar-refractivity contribution in [2.24, 2.45) is 7.05 Å². The van der Waals surface area contributed by atoms with Crippen molar-refractivity contribution in [3.8, 4) is 0 Å². The summed E-state index contributed by atoms with van der Waals surface area (Å²) in [6, 6.07) is 1.42. The highest BCUT2D eigenvalue weighted by Gasteiger charge is 2.19. The van der Waals surface area contributed by atoms with Crippen LogP contribution in [0.5, 0.6) is 0 Å². The molecule has 0 spiro atoms. The van der Waals surface area contributed by atoms with E-state index < -0.39 is 11.8 Å². The van der Waals surface area contributed by atoms with Gasteiger partial charge in [0.25, 0.3) is 0 Å². The Morgan fingerprint density at radius 1 is 1.62 bits per heavy atom. The molecular weight excluding hydrogens is 213 g/mol. The molecule has 1 aromatic heterocycles. The number of imidazole rings is 1. The Kier molecular flexibility index (Phi) is 2.26. The first kappa shape index (κ1) is 10.4. The van der Waals surface area contributed by atoms with Crippen LogP contribution in [0.4, 0.5) is 10.1 Å². The Morgan fingerprint density at radius 3 is 2.94 bits per heavy atom. The van der Waals surface area contributed by atoms with Gasteiger partial charge in [0, 0.05) is 7.05 Å². The molecule has 2 N–H and O–H groups in total. The predicted molar refractivity (Wildman–Crippen MR) is 56.4 cm³/mol. The van der Waals surface area contributed by atoms with Gasteiger partial charge in [0.15, 0.2) is 5.82 Å². The molecule has 5 nitrogen and oxygen atoms in total. The summed E-state index contributed by atoms with van der Waals surface area (Å²) < 4.78 is 19.9. The van der Waals surface area contributed by atoms with Crippen molar-refractivity contribution in [1.29, 1.82) is 0 Å². The second kappa shape index (κ2) is 3.48. The second-order valence-electron chi connectivity index (χ2n) is 3.37. The average molecular weight is 223 g/mol. The topological polar surface area (TPSA) is 70.1 Å². The predicted octanol–water partition coefficient (Wildman–Crippen LogP) is 1.08. The van der Waals surface area contributed by atoms with E-state index in [1.54, 1.807) is 7.05 Å². The first-order chi connectivity index (χ1) is 7.56. The number of benzene rings is 1. The Morgan fingerprint density at radius 2 is 2.31 bits per heavy atom. The van der Waals surface area contributed by atoms with Gasteiger partial charge in [-0.25, -0.2) is 14.2 Å². The summed E-state index contributed by atoms with van der Waals surface area (Å²) in [4.78, 5) is 15.3. The Bertz CT molecular complexity index is 577. The van der Waals surface area contributed by atoms with Gasteiger partial charge in [0.05, 0.1) is 30.2 Å². The summed E-state index contributed by atoms with van der Waals surface area (Å²) in [6.45, 7) is 0. The van der Waals surface area contributed by atoms with Crippen LogP contribution in [0, 0.1) is 5.82 Å². The van der Waals surface area contributed by atoms with E-state index in [9.17, 15) is 9.18 Å². The number of hydrogen-bond acceptors (Lipinski definition) is 4. The van der Waals surface area contributed by atoms with Crippen LogP contribution in [-0.2, 0) is 11.8 Å². The lowest BCUT2D eigenvalue weighted by Crippen LogP contribution is -2.08. The fourth-order valence-electron chi connectivity index (χ4n) is 1.56. The molecule has 0 radical (unpaired) electrons. The number of nitrogens with zero attached hydrogens (tertiary/aromatic N) is 2. The Balaban J connectivity index is 2.80. The van der Waals surface area contributed by atoms with E-state index in [0.29, 0.717) is 5.52 Å². The number of hydrogen-bond donors (Lipinski definition) is 1. The van der Waals surface area contributed by atoms with Gasteiger partial charge < -0.3 is 15.0 Å². The summed E-state index contributed by atoms with van der Waals surface area (Å²) >= 11 is 0. The number of fused-ring (bicyclic) bond motifs is 1. The van der Waals surface area contributed by atoms with Crippen molar-refractivity contribution < 1.29 is 13.9 Å². The third kappa shape index (κ3) is 1.30. The summed E-state index contributed by atoms with van der Waals surface area (Å²) in [5.41, 5.74) is 5.95. The quantitative estimate of drug-likeness (QED) is 0.580. The second-order valence-corrected chi connectivity index (χ2v) is 3.37. The lowest BCUT2D eigenvalue weighted by molar-refractivity contribution is 0.0601. The molecule has 6 heteroatoms. The highest BCUT2D eigenvalue weighted by Crippen LogP contribution is 2.26. The van der Waals surface area contributed by atoms with E-state index in [-0.39, 0.29) is 16.8 Å². The normalized spacial score (nSPS) is 10.7. The van der Waals surface area contributed by atoms with Crippen LogP contribution in [0.25, 0.3) is 11.0 Å². The van der Waals surface area contributed by atoms with Crippen LogP contribution in [0.15, 0.2) is 12.4 Å². The van der Waals surface area contributed by atoms with Gasteiger partial charge in [0.2, 0.25) is 0 Å². The van der Waals surface area contributed by atoms with Crippen molar-refractivity contribution in [2.75, 3.05) is 12.8 Å². The molecule has 0 amide bonds. The largest absolute Gasteiger partial charge is 0.465 e. The van der Waals surface area contributed by atoms with Crippen LogP contribution in [-0.4, -0.2) is 22.6 Å². The number of nitrogens with two attached hydrogens (primary N) is 1. The first-order valence-electron chi connectivity index (χ1n) is 4.53. The molecule has 0 fully saturated rings. The first-order valence-corrected chi connectivity index (χ1v) is 4.53. The number of nitrogen functional groups attached to an aromatic ring is 1. The van der Waals surface area contributed by atoms with Crippen LogP contribution in [0.2, 0.25) is 0 Å². The van der Waals surface area contributed by atoms with E-state index in [0.717, 1.165) is 0 Å². The number of carbonyl (C=O) groups is 1. The lowest BCUT2D eigenvalue weighted by atomic mass is 10.1. The maximum Gasteiger partial charge on any atom is 0.340 e. The molecule has 16 heavy (non-hydrogen) atoms. The summed E-state index contributed by atoms with van der Waals surface area (Å²) in [5.74, 6) is -1.33. The Labute approximate surface area is 90.6 Å². The molecular formula is C10H10FN3O2. The highest BCUT2D eigenvalue weighted by molar-refractivity contribution is 6.00. The summed E-state index contributed by atoms with van der Waals surface area (Å²) in [7, 11) is 2.86. The fraction of sp³-hybridized carbons (Fsp3) is 0.200. The van der Waals surface area contributed by atoms with Gasteiger partial charge >= 0.3 is 5.97 Å². The van der Waals surface area contributed by atoms with Crippen LogP contribution in [0.1, 0.15) is 10.4 Å². The monoisotopic (exact) mass is 223 g/mol.